The molecule has 2 aromatic rings. The zero-order valence-corrected chi connectivity index (χ0v) is 12.8. The molecule has 0 atom stereocenters. The highest BCUT2D eigenvalue weighted by molar-refractivity contribution is 5.98. The predicted molar refractivity (Wildman–Crippen MR) is 79.6 cm³/mol. The van der Waals surface area contributed by atoms with Gasteiger partial charge in [-0.25, -0.2) is 9.59 Å². The molecule has 0 saturated heterocycles. The zero-order valence-electron chi connectivity index (χ0n) is 12.8. The molecule has 120 valence electrons. The Hall–Kier alpha value is -3.23. The number of rotatable bonds is 5. The van der Waals surface area contributed by atoms with Gasteiger partial charge < -0.3 is 14.8 Å². The highest BCUT2D eigenvalue weighted by Gasteiger charge is 2.13. The number of ether oxygens (including phenoxy) is 2. The van der Waals surface area contributed by atoms with Crippen molar-refractivity contribution in [2.45, 2.75) is 6.92 Å². The number of esters is 2. The number of nitrogens with zero attached hydrogens (tertiary/aromatic N) is 4. The quantitative estimate of drug-likeness (QED) is 0.631. The fourth-order valence-electron chi connectivity index (χ4n) is 1.77. The lowest BCUT2D eigenvalue weighted by atomic mass is 10.2. The van der Waals surface area contributed by atoms with Gasteiger partial charge in [0, 0.05) is 5.69 Å². The van der Waals surface area contributed by atoms with Crippen molar-refractivity contribution in [3.8, 4) is 5.69 Å². The minimum atomic E-state index is -0.695. The van der Waals surface area contributed by atoms with Gasteiger partial charge in [-0.1, -0.05) is 6.07 Å². The minimum absolute atomic E-state index is 0.0510. The maximum absolute atomic E-state index is 11.7. The number of benzene rings is 1. The normalized spacial score (nSPS) is 11.0. The van der Waals surface area contributed by atoms with E-state index in [2.05, 4.69) is 30.3 Å². The first kappa shape index (κ1) is 16.1. The number of methoxy groups -OCH3 is 2. The van der Waals surface area contributed by atoms with E-state index in [-0.39, 0.29) is 5.70 Å². The molecule has 23 heavy (non-hydrogen) atoms. The summed E-state index contributed by atoms with van der Waals surface area (Å²) in [6.07, 6.45) is 1.01. The Morgan fingerprint density at radius 3 is 2.65 bits per heavy atom. The maximum Gasteiger partial charge on any atom is 0.354 e. The summed E-state index contributed by atoms with van der Waals surface area (Å²) in [7, 11) is 2.44. The summed E-state index contributed by atoms with van der Waals surface area (Å²) >= 11 is 0. The van der Waals surface area contributed by atoms with E-state index in [4.69, 9.17) is 0 Å². The third-order valence-electron chi connectivity index (χ3n) is 2.86. The summed E-state index contributed by atoms with van der Waals surface area (Å²) in [5.41, 5.74) is 1.20. The average Bonchev–Trinajstić information content (AvgIpc) is 2.99. The molecule has 9 nitrogen and oxygen atoms in total. The topological polar surface area (TPSA) is 108 Å². The highest BCUT2D eigenvalue weighted by Crippen LogP contribution is 2.16. The minimum Gasteiger partial charge on any atom is -0.466 e. The Morgan fingerprint density at radius 1 is 1.26 bits per heavy atom. The largest absolute Gasteiger partial charge is 0.466 e. The van der Waals surface area contributed by atoms with E-state index >= 15 is 0 Å². The second-order valence-electron chi connectivity index (χ2n) is 4.39. The Balaban J connectivity index is 2.31. The molecule has 2 rings (SSSR count). The first-order chi connectivity index (χ1) is 11.0. The SMILES string of the molecule is COC(=O)/C=C(/Nc1cccc(-n2nnnc2C)c1)C(=O)OC. The van der Waals surface area contributed by atoms with Crippen LogP contribution in [0.4, 0.5) is 5.69 Å². The molecule has 1 aromatic carbocycles. The summed E-state index contributed by atoms with van der Waals surface area (Å²) in [6, 6.07) is 7.00. The smallest absolute Gasteiger partial charge is 0.354 e. The van der Waals surface area contributed by atoms with Crippen LogP contribution in [0.3, 0.4) is 0 Å². The molecule has 0 spiro atoms. The van der Waals surface area contributed by atoms with Crippen molar-refractivity contribution in [2.24, 2.45) is 0 Å². The van der Waals surface area contributed by atoms with Gasteiger partial charge in [0.2, 0.25) is 0 Å². The van der Waals surface area contributed by atoms with Crippen molar-refractivity contribution in [1.82, 2.24) is 20.2 Å². The Kier molecular flexibility index (Phi) is 5.03. The number of nitrogens with one attached hydrogen (secondary N) is 1. The van der Waals surface area contributed by atoms with Crippen molar-refractivity contribution in [1.29, 1.82) is 0 Å². The monoisotopic (exact) mass is 317 g/mol. The van der Waals surface area contributed by atoms with Crippen LogP contribution >= 0.6 is 0 Å². The highest BCUT2D eigenvalue weighted by atomic mass is 16.5. The molecule has 0 amide bonds. The summed E-state index contributed by atoms with van der Waals surface area (Å²) in [5.74, 6) is -0.759. The molecule has 0 radical (unpaired) electrons. The van der Waals surface area contributed by atoms with E-state index in [9.17, 15) is 9.59 Å². The van der Waals surface area contributed by atoms with Crippen LogP contribution in [-0.2, 0) is 19.1 Å². The van der Waals surface area contributed by atoms with Gasteiger partial charge in [0.1, 0.15) is 5.70 Å². The van der Waals surface area contributed by atoms with Crippen molar-refractivity contribution >= 4 is 17.6 Å². The second kappa shape index (κ2) is 7.16. The van der Waals surface area contributed by atoms with Crippen molar-refractivity contribution < 1.29 is 19.1 Å². The summed E-state index contributed by atoms with van der Waals surface area (Å²) in [6.45, 7) is 1.76. The van der Waals surface area contributed by atoms with Gasteiger partial charge in [-0.05, 0) is 35.5 Å². The third-order valence-corrected chi connectivity index (χ3v) is 2.86. The Morgan fingerprint density at radius 2 is 2.04 bits per heavy atom. The number of hydrogen-bond acceptors (Lipinski definition) is 8. The number of hydrogen-bond donors (Lipinski definition) is 1. The third kappa shape index (κ3) is 3.90. The fraction of sp³-hybridized carbons (Fsp3) is 0.214. The number of carbonyl (C=O) groups is 2. The zero-order chi connectivity index (χ0) is 16.8. The van der Waals surface area contributed by atoms with E-state index in [0.717, 1.165) is 6.08 Å². The lowest BCUT2D eigenvalue weighted by Crippen LogP contribution is -2.15. The number of aryl methyl sites for hydroxylation is 1. The van der Waals surface area contributed by atoms with Gasteiger partial charge in [0.05, 0.1) is 26.0 Å². The molecule has 0 unspecified atom stereocenters. The van der Waals surface area contributed by atoms with Gasteiger partial charge in [-0.2, -0.15) is 4.68 Å². The summed E-state index contributed by atoms with van der Waals surface area (Å²) < 4.78 is 10.7. The number of anilines is 1. The van der Waals surface area contributed by atoms with Gasteiger partial charge in [-0.15, -0.1) is 5.10 Å². The molecular weight excluding hydrogens is 302 g/mol. The molecular formula is C14H15N5O4. The van der Waals surface area contributed by atoms with Crippen LogP contribution in [-0.4, -0.2) is 46.4 Å². The van der Waals surface area contributed by atoms with Crippen LogP contribution in [0.15, 0.2) is 36.0 Å². The van der Waals surface area contributed by atoms with E-state index in [1.54, 1.807) is 31.2 Å². The number of tetrazole rings is 1. The molecule has 0 aliphatic heterocycles. The van der Waals surface area contributed by atoms with Crippen molar-refractivity contribution in [3.05, 3.63) is 41.9 Å². The van der Waals surface area contributed by atoms with Crippen LogP contribution < -0.4 is 5.32 Å². The van der Waals surface area contributed by atoms with Gasteiger partial charge >= 0.3 is 11.9 Å². The Labute approximate surface area is 131 Å². The molecule has 9 heteroatoms. The summed E-state index contributed by atoms with van der Waals surface area (Å²) in [5, 5.41) is 14.1. The standard InChI is InChI=1S/C14H15N5O4/c1-9-16-17-18-19(9)11-6-4-5-10(7-11)15-12(14(21)23-3)8-13(20)22-2/h4-8,15H,1-3H3/b12-8+. The first-order valence-corrected chi connectivity index (χ1v) is 6.55. The van der Waals surface area contributed by atoms with E-state index in [0.29, 0.717) is 17.2 Å². The number of aromatic nitrogens is 4. The maximum atomic E-state index is 11.7. The number of carbonyl (C=O) groups excluding carboxylic acids is 2. The van der Waals surface area contributed by atoms with Gasteiger partial charge in [0.25, 0.3) is 0 Å². The van der Waals surface area contributed by atoms with Gasteiger partial charge in [-0.3, -0.25) is 0 Å². The molecule has 0 aliphatic carbocycles. The predicted octanol–water partition coefficient (Wildman–Crippen LogP) is 0.613. The summed E-state index contributed by atoms with van der Waals surface area (Å²) in [4.78, 5) is 23.1. The fourth-order valence-corrected chi connectivity index (χ4v) is 1.77. The lowest BCUT2D eigenvalue weighted by molar-refractivity contribution is -0.138. The molecule has 0 bridgehead atoms. The van der Waals surface area contributed by atoms with E-state index in [1.165, 1.54) is 18.9 Å². The Bertz CT molecular complexity index is 753. The van der Waals surface area contributed by atoms with E-state index < -0.39 is 11.9 Å². The molecule has 0 aliphatic rings. The molecule has 1 N–H and O–H groups in total. The van der Waals surface area contributed by atoms with Crippen LogP contribution in [0.5, 0.6) is 0 Å². The van der Waals surface area contributed by atoms with Crippen molar-refractivity contribution in [2.75, 3.05) is 19.5 Å². The molecule has 1 aromatic heterocycles. The van der Waals surface area contributed by atoms with Crippen LogP contribution in [0.2, 0.25) is 0 Å². The molecule has 0 fully saturated rings. The molecule has 1 heterocycles. The average molecular weight is 317 g/mol. The second-order valence-corrected chi connectivity index (χ2v) is 4.39. The van der Waals surface area contributed by atoms with Crippen LogP contribution in [0.1, 0.15) is 5.82 Å². The van der Waals surface area contributed by atoms with Gasteiger partial charge in [0.15, 0.2) is 5.82 Å². The van der Waals surface area contributed by atoms with Crippen molar-refractivity contribution in [3.63, 3.8) is 0 Å². The van der Waals surface area contributed by atoms with Crippen LogP contribution in [0.25, 0.3) is 5.69 Å². The van der Waals surface area contributed by atoms with Crippen LogP contribution in [0, 0.1) is 6.92 Å². The van der Waals surface area contributed by atoms with E-state index in [1.807, 2.05) is 0 Å². The lowest BCUT2D eigenvalue weighted by Gasteiger charge is -2.10. The molecule has 0 saturated carbocycles. The first-order valence-electron chi connectivity index (χ1n) is 6.55.